The van der Waals surface area contributed by atoms with Gasteiger partial charge < -0.3 is 20.9 Å². The topological polar surface area (TPSA) is 116 Å². The lowest BCUT2D eigenvalue weighted by Crippen LogP contribution is -2.47. The van der Waals surface area contributed by atoms with Crippen molar-refractivity contribution in [3.63, 3.8) is 0 Å². The molecule has 0 aliphatic heterocycles. The van der Waals surface area contributed by atoms with Gasteiger partial charge in [-0.15, -0.1) is 0 Å². The number of alkyl halides is 1. The molecule has 3 amide bonds. The van der Waals surface area contributed by atoms with Crippen LogP contribution in [0, 0.1) is 5.82 Å². The van der Waals surface area contributed by atoms with Crippen molar-refractivity contribution >= 4 is 35.0 Å². The van der Waals surface area contributed by atoms with Crippen molar-refractivity contribution in [2.45, 2.75) is 37.4 Å². The van der Waals surface area contributed by atoms with E-state index in [0.29, 0.717) is 0 Å². The number of halogens is 3. The second kappa shape index (κ2) is 8.78. The summed E-state index contributed by atoms with van der Waals surface area (Å²) >= 11 is 5.87. The number of imidazole rings is 1. The van der Waals surface area contributed by atoms with E-state index in [1.165, 1.54) is 19.4 Å². The molecule has 3 rings (SSSR count). The van der Waals surface area contributed by atoms with Gasteiger partial charge in [-0.05, 0) is 43.9 Å². The molecule has 0 spiro atoms. The predicted octanol–water partition coefficient (Wildman–Crippen LogP) is 2.58. The average molecular weight is 440 g/mol. The van der Waals surface area contributed by atoms with E-state index in [9.17, 15) is 18.8 Å². The van der Waals surface area contributed by atoms with E-state index in [1.54, 1.807) is 0 Å². The minimum atomic E-state index is -2.14. The Morgan fingerprint density at radius 1 is 1.23 bits per heavy atom. The molecule has 1 heterocycles. The fourth-order valence-electron chi connectivity index (χ4n) is 3.29. The van der Waals surface area contributed by atoms with Crippen LogP contribution in [-0.2, 0) is 4.79 Å². The minimum Gasteiger partial charge on any atom is -0.354 e. The number of carbonyl (C=O) groups is 3. The normalized spacial score (nSPS) is 21.0. The SMILES string of the molecule is CNC(=O)c1[nH]cnc1C(=O)NC1CCC(F)(C(=O)Nc2ccc(F)cc2Cl)CC1. The van der Waals surface area contributed by atoms with Crippen molar-refractivity contribution in [1.82, 2.24) is 20.6 Å². The van der Waals surface area contributed by atoms with Crippen LogP contribution in [0.5, 0.6) is 0 Å². The molecular weight excluding hydrogens is 420 g/mol. The molecule has 0 atom stereocenters. The van der Waals surface area contributed by atoms with Gasteiger partial charge in [0.05, 0.1) is 17.0 Å². The maximum atomic E-state index is 15.2. The van der Waals surface area contributed by atoms with E-state index < -0.39 is 29.2 Å². The summed E-state index contributed by atoms with van der Waals surface area (Å²) in [6, 6.07) is 3.02. The van der Waals surface area contributed by atoms with Crippen molar-refractivity contribution in [3.05, 3.63) is 46.8 Å². The van der Waals surface area contributed by atoms with Crippen LogP contribution in [-0.4, -0.2) is 46.4 Å². The monoisotopic (exact) mass is 439 g/mol. The Morgan fingerprint density at radius 2 is 1.93 bits per heavy atom. The Bertz CT molecular complexity index is 973. The maximum absolute atomic E-state index is 15.2. The van der Waals surface area contributed by atoms with Crippen LogP contribution in [0.2, 0.25) is 5.02 Å². The van der Waals surface area contributed by atoms with E-state index in [2.05, 4.69) is 25.9 Å². The first-order chi connectivity index (χ1) is 14.2. The largest absolute Gasteiger partial charge is 0.354 e. The molecule has 1 aliphatic rings. The van der Waals surface area contributed by atoms with Crippen molar-refractivity contribution < 1.29 is 23.2 Å². The number of aromatic nitrogens is 2. The molecule has 160 valence electrons. The zero-order valence-electron chi connectivity index (χ0n) is 16.0. The second-order valence-corrected chi connectivity index (χ2v) is 7.40. The number of anilines is 1. The number of nitrogens with one attached hydrogen (secondary N) is 4. The summed E-state index contributed by atoms with van der Waals surface area (Å²) in [6.45, 7) is 0. The van der Waals surface area contributed by atoms with E-state index in [4.69, 9.17) is 11.6 Å². The predicted molar refractivity (Wildman–Crippen MR) is 106 cm³/mol. The summed E-state index contributed by atoms with van der Waals surface area (Å²) in [7, 11) is 1.43. The quantitative estimate of drug-likeness (QED) is 0.573. The lowest BCUT2D eigenvalue weighted by atomic mass is 9.82. The maximum Gasteiger partial charge on any atom is 0.272 e. The van der Waals surface area contributed by atoms with E-state index >= 15 is 4.39 Å². The first-order valence-corrected chi connectivity index (χ1v) is 9.63. The number of benzene rings is 1. The summed E-state index contributed by atoms with van der Waals surface area (Å²) in [5.41, 5.74) is -2.05. The molecule has 8 nitrogen and oxygen atoms in total. The van der Waals surface area contributed by atoms with Gasteiger partial charge in [-0.25, -0.2) is 13.8 Å². The Labute approximate surface area is 175 Å². The minimum absolute atomic E-state index is 0.0289. The van der Waals surface area contributed by atoms with Crippen LogP contribution < -0.4 is 16.0 Å². The van der Waals surface area contributed by atoms with Crippen LogP contribution in [0.3, 0.4) is 0 Å². The molecule has 1 aliphatic carbocycles. The highest BCUT2D eigenvalue weighted by molar-refractivity contribution is 6.33. The second-order valence-electron chi connectivity index (χ2n) is 7.00. The molecule has 0 unspecified atom stereocenters. The fraction of sp³-hybridized carbons (Fsp3) is 0.368. The molecule has 1 aromatic heterocycles. The molecule has 0 radical (unpaired) electrons. The summed E-state index contributed by atoms with van der Waals surface area (Å²) in [5.74, 6) is -2.48. The summed E-state index contributed by atoms with van der Waals surface area (Å²) in [6.07, 6.45) is 1.42. The molecular formula is C19H20ClF2N5O3. The van der Waals surface area contributed by atoms with Gasteiger partial charge in [0.25, 0.3) is 17.7 Å². The molecule has 1 fully saturated rings. The van der Waals surface area contributed by atoms with Crippen molar-refractivity contribution in [2.24, 2.45) is 0 Å². The van der Waals surface area contributed by atoms with Gasteiger partial charge in [-0.3, -0.25) is 14.4 Å². The lowest BCUT2D eigenvalue weighted by Gasteiger charge is -2.33. The van der Waals surface area contributed by atoms with Crippen molar-refractivity contribution in [2.75, 3.05) is 12.4 Å². The Morgan fingerprint density at radius 3 is 2.57 bits per heavy atom. The smallest absolute Gasteiger partial charge is 0.272 e. The number of aromatic amines is 1. The van der Waals surface area contributed by atoms with Gasteiger partial charge in [-0.1, -0.05) is 11.6 Å². The van der Waals surface area contributed by atoms with E-state index in [0.717, 1.165) is 12.1 Å². The molecule has 0 bridgehead atoms. The Balaban J connectivity index is 1.58. The van der Waals surface area contributed by atoms with Gasteiger partial charge in [0.2, 0.25) is 0 Å². The molecule has 30 heavy (non-hydrogen) atoms. The molecule has 1 aromatic carbocycles. The van der Waals surface area contributed by atoms with Crippen LogP contribution in [0.1, 0.15) is 46.7 Å². The molecule has 1 saturated carbocycles. The van der Waals surface area contributed by atoms with Crippen molar-refractivity contribution in [1.29, 1.82) is 0 Å². The van der Waals surface area contributed by atoms with Gasteiger partial charge >= 0.3 is 0 Å². The number of amides is 3. The number of rotatable bonds is 5. The number of H-pyrrole nitrogens is 1. The Kier molecular flexibility index (Phi) is 6.35. The highest BCUT2D eigenvalue weighted by Gasteiger charge is 2.42. The van der Waals surface area contributed by atoms with E-state index in [-0.39, 0.29) is 53.8 Å². The standard InChI is InChI=1S/C19H20ClF2N5O3/c1-23-16(28)14-15(25-9-24-14)17(29)26-11-4-6-19(22,7-5-11)18(30)27-13-3-2-10(21)8-12(13)20/h2-3,8-9,11H,4-7H2,1H3,(H,23,28)(H,24,25)(H,26,29)(H,27,30). The number of nitrogens with zero attached hydrogens (tertiary/aromatic N) is 1. The van der Waals surface area contributed by atoms with Gasteiger partial charge in [0.1, 0.15) is 11.5 Å². The summed E-state index contributed by atoms with van der Waals surface area (Å²) in [4.78, 5) is 43.1. The van der Waals surface area contributed by atoms with Gasteiger partial charge in [0.15, 0.2) is 11.4 Å². The van der Waals surface area contributed by atoms with Crippen LogP contribution in [0.25, 0.3) is 0 Å². The summed E-state index contributed by atoms with van der Waals surface area (Å²) in [5, 5.41) is 7.49. The van der Waals surface area contributed by atoms with E-state index in [1.807, 2.05) is 0 Å². The van der Waals surface area contributed by atoms with Crippen LogP contribution >= 0.6 is 11.6 Å². The number of hydrogen-bond donors (Lipinski definition) is 4. The Hall–Kier alpha value is -3.01. The third kappa shape index (κ3) is 4.59. The number of hydrogen-bond acceptors (Lipinski definition) is 4. The zero-order chi connectivity index (χ0) is 21.9. The van der Waals surface area contributed by atoms with Crippen LogP contribution in [0.15, 0.2) is 24.5 Å². The van der Waals surface area contributed by atoms with Crippen molar-refractivity contribution in [3.8, 4) is 0 Å². The highest BCUT2D eigenvalue weighted by Crippen LogP contribution is 2.34. The fourth-order valence-corrected chi connectivity index (χ4v) is 3.50. The molecule has 2 aromatic rings. The molecule has 4 N–H and O–H groups in total. The molecule has 0 saturated heterocycles. The average Bonchev–Trinajstić information content (AvgIpc) is 3.21. The third-order valence-electron chi connectivity index (χ3n) is 5.01. The highest BCUT2D eigenvalue weighted by atomic mass is 35.5. The van der Waals surface area contributed by atoms with Gasteiger partial charge in [-0.2, -0.15) is 0 Å². The molecule has 11 heteroatoms. The first-order valence-electron chi connectivity index (χ1n) is 9.25. The first kappa shape index (κ1) is 21.7. The van der Waals surface area contributed by atoms with Gasteiger partial charge in [0, 0.05) is 13.1 Å². The lowest BCUT2D eigenvalue weighted by molar-refractivity contribution is -0.129. The van der Waals surface area contributed by atoms with Crippen LogP contribution in [0.4, 0.5) is 14.5 Å². The summed E-state index contributed by atoms with van der Waals surface area (Å²) < 4.78 is 28.3. The third-order valence-corrected chi connectivity index (χ3v) is 5.32. The number of carbonyl (C=O) groups excluding carboxylic acids is 3. The zero-order valence-corrected chi connectivity index (χ0v) is 16.8.